The molecule has 122 valence electrons. The van der Waals surface area contributed by atoms with Crippen LogP contribution in [-0.2, 0) is 4.74 Å². The van der Waals surface area contributed by atoms with Crippen LogP contribution >= 0.6 is 27.5 Å². The molecule has 2 aromatic carbocycles. The summed E-state index contributed by atoms with van der Waals surface area (Å²) in [6.45, 7) is -0.308. The molecule has 0 amide bonds. The zero-order chi connectivity index (χ0) is 16.8. The van der Waals surface area contributed by atoms with Crippen LogP contribution < -0.4 is 9.47 Å². The number of halogens is 3. The van der Waals surface area contributed by atoms with Crippen molar-refractivity contribution < 1.29 is 23.4 Å². The first-order valence-electron chi connectivity index (χ1n) is 6.54. The largest absolute Gasteiger partial charge is 0.482 e. The van der Waals surface area contributed by atoms with Crippen molar-refractivity contribution in [3.05, 3.63) is 57.3 Å². The van der Waals surface area contributed by atoms with Crippen LogP contribution in [0.2, 0.25) is 5.02 Å². The van der Waals surface area contributed by atoms with Gasteiger partial charge in [-0.1, -0.05) is 17.7 Å². The minimum atomic E-state index is -0.684. The molecule has 0 heterocycles. The first kappa shape index (κ1) is 17.7. The maximum atomic E-state index is 13.7. The molecule has 7 heteroatoms. The monoisotopic (exact) mass is 402 g/mol. The predicted molar refractivity (Wildman–Crippen MR) is 87.9 cm³/mol. The minimum Gasteiger partial charge on any atom is -0.482 e. The van der Waals surface area contributed by atoms with Crippen molar-refractivity contribution >= 4 is 33.3 Å². The average molecular weight is 404 g/mol. The van der Waals surface area contributed by atoms with Gasteiger partial charge in [-0.15, -0.1) is 0 Å². The molecule has 0 radical (unpaired) electrons. The fraction of sp³-hybridized carbons (Fsp3) is 0.188. The van der Waals surface area contributed by atoms with Crippen LogP contribution in [0.1, 0.15) is 10.4 Å². The summed E-state index contributed by atoms with van der Waals surface area (Å²) in [4.78, 5) is 12.1. The Labute approximate surface area is 146 Å². The molecule has 23 heavy (non-hydrogen) atoms. The number of methoxy groups -OCH3 is 1. The van der Waals surface area contributed by atoms with E-state index in [0.29, 0.717) is 16.0 Å². The molecular formula is C16H13BrClFO4. The minimum absolute atomic E-state index is 0.0265. The third-order valence-corrected chi connectivity index (χ3v) is 3.70. The number of hydrogen-bond acceptors (Lipinski definition) is 4. The smallest absolute Gasteiger partial charge is 0.203 e. The Bertz CT molecular complexity index is 708. The molecule has 0 N–H and O–H groups in total. The molecule has 0 spiro atoms. The summed E-state index contributed by atoms with van der Waals surface area (Å²) in [7, 11) is 1.49. The number of rotatable bonds is 7. The highest BCUT2D eigenvalue weighted by molar-refractivity contribution is 9.10. The second-order valence-corrected chi connectivity index (χ2v) is 5.74. The highest BCUT2D eigenvalue weighted by Crippen LogP contribution is 2.35. The molecule has 0 fully saturated rings. The summed E-state index contributed by atoms with van der Waals surface area (Å²) in [5.74, 6) is -0.439. The molecule has 0 saturated carbocycles. The molecule has 0 aliphatic carbocycles. The summed E-state index contributed by atoms with van der Waals surface area (Å²) in [5, 5.41) is 0.224. The van der Waals surface area contributed by atoms with Crippen molar-refractivity contribution in [1.29, 1.82) is 0 Å². The number of carbonyl (C=O) groups excluding carboxylic acids is 1. The Morgan fingerprint density at radius 1 is 1.26 bits per heavy atom. The van der Waals surface area contributed by atoms with Crippen molar-refractivity contribution in [3.8, 4) is 11.5 Å². The first-order valence-corrected chi connectivity index (χ1v) is 7.71. The van der Waals surface area contributed by atoms with E-state index in [9.17, 15) is 9.18 Å². The third-order valence-electron chi connectivity index (χ3n) is 2.84. The van der Waals surface area contributed by atoms with Crippen LogP contribution in [0.5, 0.6) is 11.5 Å². The van der Waals surface area contributed by atoms with Gasteiger partial charge in [-0.2, -0.15) is 0 Å². The van der Waals surface area contributed by atoms with E-state index in [2.05, 4.69) is 15.9 Å². The summed E-state index contributed by atoms with van der Waals surface area (Å²) in [5.41, 5.74) is -0.0799. The first-order chi connectivity index (χ1) is 11.0. The summed E-state index contributed by atoms with van der Waals surface area (Å²) in [6, 6.07) is 8.99. The van der Waals surface area contributed by atoms with Gasteiger partial charge < -0.3 is 14.2 Å². The fourth-order valence-corrected chi connectivity index (χ4v) is 2.42. The van der Waals surface area contributed by atoms with Gasteiger partial charge in [0.2, 0.25) is 5.78 Å². The maximum Gasteiger partial charge on any atom is 0.203 e. The quantitative estimate of drug-likeness (QED) is 0.505. The van der Waals surface area contributed by atoms with Crippen LogP contribution in [0.4, 0.5) is 4.39 Å². The number of hydrogen-bond donors (Lipinski definition) is 0. The van der Waals surface area contributed by atoms with E-state index in [4.69, 9.17) is 25.8 Å². The number of ketones is 1. The zero-order valence-electron chi connectivity index (χ0n) is 12.1. The summed E-state index contributed by atoms with van der Waals surface area (Å²) < 4.78 is 30.1. The van der Waals surface area contributed by atoms with E-state index in [1.807, 2.05) is 0 Å². The molecule has 2 aromatic rings. The van der Waals surface area contributed by atoms with E-state index in [1.165, 1.54) is 19.2 Å². The Balaban J connectivity index is 2.11. The molecule has 4 nitrogen and oxygen atoms in total. The Hall–Kier alpha value is -1.63. The number of Topliss-reactive ketones (excluding diaryl/α,β-unsaturated/α-hetero) is 1. The zero-order valence-corrected chi connectivity index (χ0v) is 14.5. The van der Waals surface area contributed by atoms with Crippen molar-refractivity contribution in [3.63, 3.8) is 0 Å². The molecule has 0 bridgehead atoms. The second-order valence-electron chi connectivity index (χ2n) is 4.45. The lowest BCUT2D eigenvalue weighted by Crippen LogP contribution is -2.14. The second kappa shape index (κ2) is 8.29. The van der Waals surface area contributed by atoms with Crippen LogP contribution in [0.25, 0.3) is 0 Å². The molecule has 0 aromatic heterocycles. The Kier molecular flexibility index (Phi) is 6.38. The average Bonchev–Trinajstić information content (AvgIpc) is 2.51. The van der Waals surface area contributed by atoms with Crippen LogP contribution in [0, 0.1) is 5.82 Å². The molecule has 0 saturated heterocycles. The van der Waals surface area contributed by atoms with Gasteiger partial charge in [0, 0.05) is 12.1 Å². The standard InChI is InChI=1S/C16H13BrClFO4/c1-21-9-23-16-12(17)3-2-4-15(16)22-8-14(20)11-6-5-10(18)7-13(11)19/h2-7H,8-9H2,1H3. The molecule has 0 aliphatic rings. The van der Waals surface area contributed by atoms with Crippen LogP contribution in [0.3, 0.4) is 0 Å². The van der Waals surface area contributed by atoms with E-state index >= 15 is 0 Å². The molecule has 0 unspecified atom stereocenters. The highest BCUT2D eigenvalue weighted by atomic mass is 79.9. The Morgan fingerprint density at radius 2 is 2.04 bits per heavy atom. The lowest BCUT2D eigenvalue weighted by Gasteiger charge is -2.13. The molecular weight excluding hydrogens is 391 g/mol. The highest BCUT2D eigenvalue weighted by Gasteiger charge is 2.15. The van der Waals surface area contributed by atoms with Gasteiger partial charge >= 0.3 is 0 Å². The predicted octanol–water partition coefficient (Wildman–Crippen LogP) is 4.49. The van der Waals surface area contributed by atoms with Crippen molar-refractivity contribution in [2.75, 3.05) is 20.5 Å². The summed E-state index contributed by atoms with van der Waals surface area (Å²) in [6.07, 6.45) is 0. The van der Waals surface area contributed by atoms with Gasteiger partial charge in [-0.3, -0.25) is 4.79 Å². The third kappa shape index (κ3) is 4.67. The van der Waals surface area contributed by atoms with E-state index in [1.54, 1.807) is 18.2 Å². The lowest BCUT2D eigenvalue weighted by molar-refractivity contribution is 0.0479. The topological polar surface area (TPSA) is 44.8 Å². The van der Waals surface area contributed by atoms with Gasteiger partial charge in [-0.05, 0) is 46.3 Å². The SMILES string of the molecule is COCOc1c(Br)cccc1OCC(=O)c1ccc(Cl)cc1F. The van der Waals surface area contributed by atoms with E-state index in [-0.39, 0.29) is 24.0 Å². The molecule has 0 atom stereocenters. The summed E-state index contributed by atoms with van der Waals surface area (Å²) >= 11 is 8.99. The van der Waals surface area contributed by atoms with Crippen LogP contribution in [0.15, 0.2) is 40.9 Å². The van der Waals surface area contributed by atoms with Crippen molar-refractivity contribution in [2.24, 2.45) is 0 Å². The van der Waals surface area contributed by atoms with E-state index in [0.717, 1.165) is 6.07 Å². The van der Waals surface area contributed by atoms with Gasteiger partial charge in [0.05, 0.1) is 10.0 Å². The number of carbonyl (C=O) groups is 1. The normalized spacial score (nSPS) is 10.4. The van der Waals surface area contributed by atoms with Crippen molar-refractivity contribution in [2.45, 2.75) is 0 Å². The van der Waals surface area contributed by atoms with Crippen LogP contribution in [-0.4, -0.2) is 26.3 Å². The lowest BCUT2D eigenvalue weighted by atomic mass is 10.1. The number of para-hydroxylation sites is 1. The van der Waals surface area contributed by atoms with Crippen molar-refractivity contribution in [1.82, 2.24) is 0 Å². The van der Waals surface area contributed by atoms with Gasteiger partial charge in [0.15, 0.2) is 24.9 Å². The number of ether oxygens (including phenoxy) is 3. The maximum absolute atomic E-state index is 13.7. The molecule has 0 aliphatic heterocycles. The van der Waals surface area contributed by atoms with Gasteiger partial charge in [0.1, 0.15) is 5.82 Å². The van der Waals surface area contributed by atoms with E-state index < -0.39 is 11.6 Å². The Morgan fingerprint density at radius 3 is 2.74 bits per heavy atom. The van der Waals surface area contributed by atoms with Gasteiger partial charge in [0.25, 0.3) is 0 Å². The molecule has 2 rings (SSSR count). The number of benzene rings is 2. The fourth-order valence-electron chi connectivity index (χ4n) is 1.80. The van der Waals surface area contributed by atoms with Gasteiger partial charge in [-0.25, -0.2) is 4.39 Å².